The molecule has 0 aliphatic carbocycles. The average molecular weight is 282 g/mol. The van der Waals surface area contributed by atoms with Gasteiger partial charge < -0.3 is 5.32 Å². The molecular weight excluding hydrogens is 258 g/mol. The topological polar surface area (TPSA) is 29.1 Å². The van der Waals surface area contributed by atoms with E-state index in [4.69, 9.17) is 1.37 Å². The number of aryl methyl sites for hydroxylation is 2. The molecule has 0 bridgehead atoms. The van der Waals surface area contributed by atoms with Crippen molar-refractivity contribution in [2.45, 2.75) is 33.1 Å². The number of carbonyl (C=O) groups excluding carboxylic acids is 1. The lowest BCUT2D eigenvalue weighted by Crippen LogP contribution is -2.16. The Hall–Kier alpha value is -2.09. The van der Waals surface area contributed by atoms with Gasteiger partial charge in [-0.3, -0.25) is 4.79 Å². The van der Waals surface area contributed by atoms with Gasteiger partial charge in [-0.2, -0.15) is 0 Å². The first-order valence-corrected chi connectivity index (χ1v) is 7.36. The molecule has 0 saturated heterocycles. The zero-order valence-electron chi connectivity index (χ0n) is 13.7. The maximum absolute atomic E-state index is 12.2. The van der Waals surface area contributed by atoms with Crippen molar-refractivity contribution in [3.05, 3.63) is 65.7 Å². The highest BCUT2D eigenvalue weighted by Crippen LogP contribution is 2.16. The molecule has 0 radical (unpaired) electrons. The van der Waals surface area contributed by atoms with Crippen LogP contribution >= 0.6 is 0 Å². The number of amides is 1. The van der Waals surface area contributed by atoms with Crippen LogP contribution in [0, 0.1) is 12.8 Å². The number of hydrogen-bond acceptors (Lipinski definition) is 1. The lowest BCUT2D eigenvalue weighted by atomic mass is 9.98. The van der Waals surface area contributed by atoms with Crippen LogP contribution in [0.25, 0.3) is 0 Å². The molecule has 2 heteroatoms. The zero-order valence-corrected chi connectivity index (χ0v) is 12.7. The monoisotopic (exact) mass is 282 g/mol. The number of anilines is 1. The summed E-state index contributed by atoms with van der Waals surface area (Å²) in [7, 11) is 0. The van der Waals surface area contributed by atoms with Gasteiger partial charge in [-0.15, -0.1) is 0 Å². The van der Waals surface area contributed by atoms with Crippen LogP contribution in [0.4, 0.5) is 5.69 Å². The first-order chi connectivity index (χ1) is 10.5. The maximum Gasteiger partial charge on any atom is 0.224 e. The van der Waals surface area contributed by atoms with Crippen LogP contribution in [-0.4, -0.2) is 5.91 Å². The van der Waals surface area contributed by atoms with E-state index in [1.165, 1.54) is 5.56 Å². The zero-order chi connectivity index (χ0) is 16.0. The van der Waals surface area contributed by atoms with Crippen molar-refractivity contribution < 1.29 is 6.17 Å². The van der Waals surface area contributed by atoms with Gasteiger partial charge in [0.15, 0.2) is 0 Å². The van der Waals surface area contributed by atoms with Crippen LogP contribution in [0.5, 0.6) is 0 Å². The lowest BCUT2D eigenvalue weighted by molar-refractivity contribution is -0.117. The van der Waals surface area contributed by atoms with Gasteiger partial charge in [0.2, 0.25) is 5.91 Å². The molecule has 1 N–H and O–H groups in total. The second kappa shape index (κ2) is 7.63. The van der Waals surface area contributed by atoms with Crippen LogP contribution in [-0.2, 0) is 11.2 Å². The van der Waals surface area contributed by atoms with E-state index in [-0.39, 0.29) is 12.3 Å². The van der Waals surface area contributed by atoms with E-state index >= 15 is 0 Å². The Kier molecular flexibility index (Phi) is 5.04. The molecular formula is C19H23NO. The standard InChI is InChI=1S/C19H23NO/c1-15(12-13-17-9-4-3-5-10-17)14-19(21)20-18-11-7-6-8-16(18)2/h3-11,15H,12-14H2,1-2H3,(H,20,21)/i15D. The molecule has 2 rings (SSSR count). The summed E-state index contributed by atoms with van der Waals surface area (Å²) in [5, 5.41) is 2.91. The van der Waals surface area contributed by atoms with E-state index < -0.39 is 5.89 Å². The highest BCUT2D eigenvalue weighted by atomic mass is 16.1. The van der Waals surface area contributed by atoms with Crippen molar-refractivity contribution in [1.82, 2.24) is 0 Å². The Balaban J connectivity index is 1.88. The molecule has 0 heterocycles. The van der Waals surface area contributed by atoms with Gasteiger partial charge in [0.05, 0.1) is 0 Å². The minimum atomic E-state index is -0.761. The lowest BCUT2D eigenvalue weighted by Gasteiger charge is -2.13. The van der Waals surface area contributed by atoms with Gasteiger partial charge in [-0.1, -0.05) is 55.5 Å². The Labute approximate surface area is 128 Å². The molecule has 0 fully saturated rings. The fourth-order valence-electron chi connectivity index (χ4n) is 2.27. The van der Waals surface area contributed by atoms with E-state index in [9.17, 15) is 4.79 Å². The van der Waals surface area contributed by atoms with Crippen molar-refractivity contribution in [2.24, 2.45) is 5.89 Å². The third-order valence-corrected chi connectivity index (χ3v) is 3.56. The number of hydrogen-bond donors (Lipinski definition) is 1. The summed E-state index contributed by atoms with van der Waals surface area (Å²) in [5.41, 5.74) is 3.07. The van der Waals surface area contributed by atoms with Crippen molar-refractivity contribution >= 4 is 11.6 Å². The van der Waals surface area contributed by atoms with Crippen LogP contribution in [0.3, 0.4) is 0 Å². The highest BCUT2D eigenvalue weighted by Gasteiger charge is 2.10. The number of nitrogens with one attached hydrogen (secondary N) is 1. The fourth-order valence-corrected chi connectivity index (χ4v) is 2.27. The Morgan fingerprint density at radius 1 is 1.14 bits per heavy atom. The molecule has 2 nitrogen and oxygen atoms in total. The van der Waals surface area contributed by atoms with E-state index in [0.29, 0.717) is 6.42 Å². The number of para-hydroxylation sites is 1. The SMILES string of the molecule is [2H]C(C)(CCc1ccccc1)CC(=O)Nc1ccccc1C. The maximum atomic E-state index is 12.2. The third kappa shape index (κ3) is 5.07. The Morgan fingerprint density at radius 3 is 2.52 bits per heavy atom. The smallest absolute Gasteiger partial charge is 0.224 e. The second-order valence-corrected chi connectivity index (χ2v) is 5.48. The van der Waals surface area contributed by atoms with E-state index in [2.05, 4.69) is 17.4 Å². The molecule has 21 heavy (non-hydrogen) atoms. The van der Waals surface area contributed by atoms with Crippen molar-refractivity contribution in [1.29, 1.82) is 0 Å². The summed E-state index contributed by atoms with van der Waals surface area (Å²) in [6, 6.07) is 17.8. The number of benzene rings is 2. The van der Waals surface area contributed by atoms with E-state index in [1.807, 2.05) is 56.3 Å². The Morgan fingerprint density at radius 2 is 1.81 bits per heavy atom. The van der Waals surface area contributed by atoms with Gasteiger partial charge >= 0.3 is 0 Å². The molecule has 1 atom stereocenters. The van der Waals surface area contributed by atoms with Crippen LogP contribution in [0.1, 0.15) is 32.3 Å². The van der Waals surface area contributed by atoms with Gasteiger partial charge in [-0.05, 0) is 42.9 Å². The Bertz CT molecular complexity index is 622. The summed E-state index contributed by atoms with van der Waals surface area (Å²) in [6.07, 6.45) is 1.69. The van der Waals surface area contributed by atoms with Gasteiger partial charge in [0, 0.05) is 13.5 Å². The molecule has 110 valence electrons. The van der Waals surface area contributed by atoms with Crippen molar-refractivity contribution in [3.8, 4) is 0 Å². The van der Waals surface area contributed by atoms with Crippen LogP contribution < -0.4 is 5.32 Å². The minimum Gasteiger partial charge on any atom is -0.326 e. The van der Waals surface area contributed by atoms with Gasteiger partial charge in [0.25, 0.3) is 0 Å². The summed E-state index contributed by atoms with van der Waals surface area (Å²) in [4.78, 5) is 12.2. The molecule has 1 unspecified atom stereocenters. The molecule has 0 aliphatic heterocycles. The second-order valence-electron chi connectivity index (χ2n) is 5.48. The molecule has 0 aliphatic rings. The van der Waals surface area contributed by atoms with Crippen LogP contribution in [0.2, 0.25) is 0 Å². The molecule has 0 saturated carbocycles. The van der Waals surface area contributed by atoms with Gasteiger partial charge in [-0.25, -0.2) is 0 Å². The predicted octanol–water partition coefficient (Wildman–Crippen LogP) is 4.59. The summed E-state index contributed by atoms with van der Waals surface area (Å²) >= 11 is 0. The van der Waals surface area contributed by atoms with Crippen molar-refractivity contribution in [3.63, 3.8) is 0 Å². The van der Waals surface area contributed by atoms with Crippen LogP contribution in [0.15, 0.2) is 54.6 Å². The minimum absolute atomic E-state index is 0.0974. The normalized spacial score (nSPS) is 14.1. The highest BCUT2D eigenvalue weighted by molar-refractivity contribution is 5.91. The quantitative estimate of drug-likeness (QED) is 0.824. The predicted molar refractivity (Wildman–Crippen MR) is 88.4 cm³/mol. The first-order valence-electron chi connectivity index (χ1n) is 7.86. The van der Waals surface area contributed by atoms with Gasteiger partial charge in [0.1, 0.15) is 0 Å². The van der Waals surface area contributed by atoms with E-state index in [0.717, 1.165) is 17.7 Å². The number of carbonyl (C=O) groups is 1. The fraction of sp³-hybridized carbons (Fsp3) is 0.316. The summed E-state index contributed by atoms with van der Waals surface area (Å²) in [6.45, 7) is 3.79. The molecule has 0 spiro atoms. The average Bonchev–Trinajstić information content (AvgIpc) is 2.48. The summed E-state index contributed by atoms with van der Waals surface area (Å²) < 4.78 is 8.36. The summed E-state index contributed by atoms with van der Waals surface area (Å²) in [5.74, 6) is -0.859. The van der Waals surface area contributed by atoms with E-state index in [1.54, 1.807) is 0 Å². The third-order valence-electron chi connectivity index (χ3n) is 3.56. The molecule has 0 aromatic heterocycles. The molecule has 2 aromatic rings. The molecule has 1 amide bonds. The largest absolute Gasteiger partial charge is 0.326 e. The number of rotatable bonds is 6. The van der Waals surface area contributed by atoms with Crippen molar-refractivity contribution in [2.75, 3.05) is 5.32 Å². The first kappa shape index (κ1) is 13.9. The molecule has 2 aromatic carbocycles.